The van der Waals surface area contributed by atoms with Crippen LogP contribution in [0.15, 0.2) is 42.5 Å². The van der Waals surface area contributed by atoms with Crippen molar-refractivity contribution in [3.8, 4) is 17.2 Å². The molecule has 4 heteroatoms. The van der Waals surface area contributed by atoms with E-state index in [0.717, 1.165) is 5.56 Å². The van der Waals surface area contributed by atoms with Gasteiger partial charge in [-0.25, -0.2) is 4.39 Å². The van der Waals surface area contributed by atoms with Crippen molar-refractivity contribution >= 4 is 0 Å². The molecular formula is C16H18FNO2. The van der Waals surface area contributed by atoms with Crippen molar-refractivity contribution in [2.24, 2.45) is 5.73 Å². The third-order valence-electron chi connectivity index (χ3n) is 2.74. The molecule has 0 unspecified atom stereocenters. The van der Waals surface area contributed by atoms with Crippen LogP contribution in [0.1, 0.15) is 12.5 Å². The smallest absolute Gasteiger partial charge is 0.169 e. The van der Waals surface area contributed by atoms with Crippen molar-refractivity contribution in [2.45, 2.75) is 13.3 Å². The minimum absolute atomic E-state index is 0.333. The molecular weight excluding hydrogens is 257 g/mol. The highest BCUT2D eigenvalue weighted by atomic mass is 19.1. The van der Waals surface area contributed by atoms with Gasteiger partial charge < -0.3 is 15.2 Å². The second-order valence-corrected chi connectivity index (χ2v) is 4.32. The molecule has 0 atom stereocenters. The molecule has 0 amide bonds. The first-order chi connectivity index (χ1) is 9.72. The predicted octanol–water partition coefficient (Wildman–Crippen LogP) is 3.52. The first-order valence-electron chi connectivity index (χ1n) is 6.62. The number of ether oxygens (including phenoxy) is 2. The molecule has 0 saturated heterocycles. The van der Waals surface area contributed by atoms with Gasteiger partial charge in [0.1, 0.15) is 11.6 Å². The van der Waals surface area contributed by atoms with E-state index in [2.05, 4.69) is 0 Å². The van der Waals surface area contributed by atoms with Crippen LogP contribution in [-0.2, 0) is 6.42 Å². The molecule has 0 aliphatic carbocycles. The number of hydrogen-bond acceptors (Lipinski definition) is 3. The molecule has 3 nitrogen and oxygen atoms in total. The lowest BCUT2D eigenvalue weighted by Crippen LogP contribution is -2.03. The number of benzene rings is 2. The van der Waals surface area contributed by atoms with E-state index in [0.29, 0.717) is 36.8 Å². The average Bonchev–Trinajstić information content (AvgIpc) is 2.41. The Bertz CT molecular complexity index is 572. The van der Waals surface area contributed by atoms with Gasteiger partial charge in [0, 0.05) is 6.07 Å². The van der Waals surface area contributed by atoms with E-state index >= 15 is 0 Å². The first-order valence-corrected chi connectivity index (χ1v) is 6.62. The summed E-state index contributed by atoms with van der Waals surface area (Å²) in [7, 11) is 0. The SMILES string of the molecule is CCOc1ccccc1Oc1cc(F)cc(CCN)c1. The summed E-state index contributed by atoms with van der Waals surface area (Å²) < 4.78 is 24.8. The van der Waals surface area contributed by atoms with Gasteiger partial charge in [-0.3, -0.25) is 0 Å². The van der Waals surface area contributed by atoms with E-state index in [1.807, 2.05) is 25.1 Å². The van der Waals surface area contributed by atoms with E-state index in [4.69, 9.17) is 15.2 Å². The lowest BCUT2D eigenvalue weighted by atomic mass is 10.1. The zero-order chi connectivity index (χ0) is 14.4. The Morgan fingerprint density at radius 2 is 1.85 bits per heavy atom. The lowest BCUT2D eigenvalue weighted by Gasteiger charge is -2.12. The van der Waals surface area contributed by atoms with Crippen molar-refractivity contribution in [3.05, 3.63) is 53.8 Å². The maximum absolute atomic E-state index is 13.6. The highest BCUT2D eigenvalue weighted by Gasteiger charge is 2.07. The van der Waals surface area contributed by atoms with Crippen molar-refractivity contribution < 1.29 is 13.9 Å². The molecule has 2 aromatic carbocycles. The molecule has 20 heavy (non-hydrogen) atoms. The molecule has 106 valence electrons. The summed E-state index contributed by atoms with van der Waals surface area (Å²) in [5.41, 5.74) is 6.31. The van der Waals surface area contributed by atoms with Crippen molar-refractivity contribution in [3.63, 3.8) is 0 Å². The molecule has 0 fully saturated rings. The number of hydrogen-bond donors (Lipinski definition) is 1. The van der Waals surface area contributed by atoms with Crippen LogP contribution >= 0.6 is 0 Å². The topological polar surface area (TPSA) is 44.5 Å². The van der Waals surface area contributed by atoms with E-state index in [1.54, 1.807) is 12.1 Å². The van der Waals surface area contributed by atoms with Crippen LogP contribution in [0.2, 0.25) is 0 Å². The predicted molar refractivity (Wildman–Crippen MR) is 76.8 cm³/mol. The Morgan fingerprint density at radius 1 is 1.10 bits per heavy atom. The molecule has 0 bridgehead atoms. The van der Waals surface area contributed by atoms with Gasteiger partial charge in [-0.15, -0.1) is 0 Å². The minimum atomic E-state index is -0.333. The van der Waals surface area contributed by atoms with Gasteiger partial charge in [0.25, 0.3) is 0 Å². The Kier molecular flexibility index (Phi) is 4.96. The van der Waals surface area contributed by atoms with Gasteiger partial charge in [-0.1, -0.05) is 12.1 Å². The van der Waals surface area contributed by atoms with Crippen LogP contribution in [0.25, 0.3) is 0 Å². The molecule has 2 N–H and O–H groups in total. The van der Waals surface area contributed by atoms with Gasteiger partial charge in [0.2, 0.25) is 0 Å². The average molecular weight is 275 g/mol. The highest BCUT2D eigenvalue weighted by molar-refractivity contribution is 5.43. The highest BCUT2D eigenvalue weighted by Crippen LogP contribution is 2.32. The van der Waals surface area contributed by atoms with Crippen LogP contribution in [0.4, 0.5) is 4.39 Å². The number of halogens is 1. The summed E-state index contributed by atoms with van der Waals surface area (Å²) in [5, 5.41) is 0. The van der Waals surface area contributed by atoms with Crippen LogP contribution in [-0.4, -0.2) is 13.2 Å². The number of para-hydroxylation sites is 2. The number of rotatable bonds is 6. The molecule has 0 spiro atoms. The summed E-state index contributed by atoms with van der Waals surface area (Å²) in [4.78, 5) is 0. The molecule has 0 aliphatic rings. The van der Waals surface area contributed by atoms with Gasteiger partial charge in [-0.05, 0) is 49.7 Å². The van der Waals surface area contributed by atoms with Crippen molar-refractivity contribution in [1.29, 1.82) is 0 Å². The van der Waals surface area contributed by atoms with Crippen LogP contribution in [0.5, 0.6) is 17.2 Å². The van der Waals surface area contributed by atoms with Crippen LogP contribution in [0, 0.1) is 5.82 Å². The summed E-state index contributed by atoms with van der Waals surface area (Å²) in [5.74, 6) is 1.32. The largest absolute Gasteiger partial charge is 0.490 e. The molecule has 0 radical (unpaired) electrons. The Morgan fingerprint density at radius 3 is 2.55 bits per heavy atom. The standard InChI is InChI=1S/C16H18FNO2/c1-2-19-15-5-3-4-6-16(15)20-14-10-12(7-8-18)9-13(17)11-14/h3-6,9-11H,2,7-8,18H2,1H3. The van der Waals surface area contributed by atoms with Crippen molar-refractivity contribution in [1.82, 2.24) is 0 Å². The molecule has 0 saturated carbocycles. The second kappa shape index (κ2) is 6.91. The van der Waals surface area contributed by atoms with E-state index in [1.165, 1.54) is 12.1 Å². The first kappa shape index (κ1) is 14.3. The summed E-state index contributed by atoms with van der Waals surface area (Å²) in [6.45, 7) is 2.92. The fourth-order valence-corrected chi connectivity index (χ4v) is 1.93. The van der Waals surface area contributed by atoms with E-state index in [-0.39, 0.29) is 5.82 Å². The Hall–Kier alpha value is -2.07. The lowest BCUT2D eigenvalue weighted by molar-refractivity contribution is 0.321. The fourth-order valence-electron chi connectivity index (χ4n) is 1.93. The zero-order valence-electron chi connectivity index (χ0n) is 11.4. The molecule has 0 aliphatic heterocycles. The molecule has 0 heterocycles. The molecule has 2 rings (SSSR count). The van der Waals surface area contributed by atoms with Gasteiger partial charge in [-0.2, -0.15) is 0 Å². The van der Waals surface area contributed by atoms with Gasteiger partial charge in [0.15, 0.2) is 11.5 Å². The third-order valence-corrected chi connectivity index (χ3v) is 2.74. The summed E-state index contributed by atoms with van der Waals surface area (Å²) >= 11 is 0. The second-order valence-electron chi connectivity index (χ2n) is 4.32. The zero-order valence-corrected chi connectivity index (χ0v) is 11.4. The van der Waals surface area contributed by atoms with E-state index in [9.17, 15) is 4.39 Å². The third kappa shape index (κ3) is 3.71. The van der Waals surface area contributed by atoms with E-state index < -0.39 is 0 Å². The maximum atomic E-state index is 13.6. The minimum Gasteiger partial charge on any atom is -0.490 e. The summed E-state index contributed by atoms with van der Waals surface area (Å²) in [6, 6.07) is 11.9. The van der Waals surface area contributed by atoms with Gasteiger partial charge >= 0.3 is 0 Å². The van der Waals surface area contributed by atoms with Gasteiger partial charge in [0.05, 0.1) is 6.61 Å². The molecule has 0 aromatic heterocycles. The normalized spacial score (nSPS) is 10.3. The van der Waals surface area contributed by atoms with Crippen molar-refractivity contribution in [2.75, 3.05) is 13.2 Å². The van der Waals surface area contributed by atoms with Crippen LogP contribution < -0.4 is 15.2 Å². The number of nitrogens with two attached hydrogens (primary N) is 1. The Balaban J connectivity index is 2.25. The Labute approximate surface area is 118 Å². The van der Waals surface area contributed by atoms with Crippen LogP contribution in [0.3, 0.4) is 0 Å². The monoisotopic (exact) mass is 275 g/mol. The summed E-state index contributed by atoms with van der Waals surface area (Å²) in [6.07, 6.45) is 0.612. The fraction of sp³-hybridized carbons (Fsp3) is 0.250. The maximum Gasteiger partial charge on any atom is 0.169 e. The molecule has 2 aromatic rings. The quantitative estimate of drug-likeness (QED) is 0.877.